The molecule has 1 fully saturated rings. The molecular weight excluding hydrogens is 356 g/mol. The van der Waals surface area contributed by atoms with Crippen LogP contribution in [0.4, 0.5) is 0 Å². The molecule has 1 amide bonds. The third kappa shape index (κ3) is 3.98. The highest BCUT2D eigenvalue weighted by molar-refractivity contribution is 7.81. The van der Waals surface area contributed by atoms with E-state index in [-0.39, 0.29) is 17.2 Å². The molecule has 0 radical (unpaired) electrons. The Balaban J connectivity index is 2.00. The molecule has 2 aromatic rings. The van der Waals surface area contributed by atoms with E-state index in [0.29, 0.717) is 18.7 Å². The fourth-order valence-electron chi connectivity index (χ4n) is 4.07. The van der Waals surface area contributed by atoms with Crippen LogP contribution in [0.3, 0.4) is 0 Å². The van der Waals surface area contributed by atoms with Crippen molar-refractivity contribution in [1.82, 2.24) is 15.2 Å². The first-order valence-corrected chi connectivity index (χ1v) is 10.4. The molecule has 1 aromatic heterocycles. The predicted octanol–water partition coefficient (Wildman–Crippen LogP) is 3.20. The molecule has 3 rings (SSSR count). The molecule has 1 aliphatic heterocycles. The van der Waals surface area contributed by atoms with E-state index in [4.69, 9.17) is 18.4 Å². The van der Waals surface area contributed by atoms with Gasteiger partial charge in [-0.3, -0.25) is 15.1 Å². The SMILES string of the molecule is CCCCC1(N)NCCN(C(=O)c2cccc3cccnc23)C1C(S)CC. The summed E-state index contributed by atoms with van der Waals surface area (Å²) in [6, 6.07) is 9.46. The van der Waals surface area contributed by atoms with Crippen LogP contribution in [0.15, 0.2) is 36.5 Å². The Morgan fingerprint density at radius 1 is 1.41 bits per heavy atom. The molecule has 5 nitrogen and oxygen atoms in total. The lowest BCUT2D eigenvalue weighted by molar-refractivity contribution is 0.0336. The van der Waals surface area contributed by atoms with Gasteiger partial charge in [-0.15, -0.1) is 0 Å². The number of para-hydroxylation sites is 1. The number of pyridine rings is 1. The van der Waals surface area contributed by atoms with Crippen molar-refractivity contribution in [3.05, 3.63) is 42.1 Å². The van der Waals surface area contributed by atoms with Gasteiger partial charge in [0.1, 0.15) is 0 Å². The van der Waals surface area contributed by atoms with Gasteiger partial charge in [-0.25, -0.2) is 0 Å². The number of rotatable bonds is 6. The molecule has 6 heteroatoms. The number of aromatic nitrogens is 1. The summed E-state index contributed by atoms with van der Waals surface area (Å²) < 4.78 is 0. The molecule has 0 bridgehead atoms. The van der Waals surface area contributed by atoms with E-state index >= 15 is 0 Å². The van der Waals surface area contributed by atoms with Gasteiger partial charge >= 0.3 is 0 Å². The third-order valence-electron chi connectivity index (χ3n) is 5.52. The monoisotopic (exact) mass is 386 g/mol. The topological polar surface area (TPSA) is 71.2 Å². The summed E-state index contributed by atoms with van der Waals surface area (Å²) in [4.78, 5) is 20.0. The molecule has 0 spiro atoms. The third-order valence-corrected chi connectivity index (χ3v) is 6.17. The van der Waals surface area contributed by atoms with Gasteiger partial charge in [-0.2, -0.15) is 12.6 Å². The van der Waals surface area contributed by atoms with E-state index < -0.39 is 5.66 Å². The number of hydrogen-bond acceptors (Lipinski definition) is 5. The van der Waals surface area contributed by atoms with Crippen LogP contribution in [0.2, 0.25) is 0 Å². The van der Waals surface area contributed by atoms with Crippen molar-refractivity contribution >= 4 is 29.4 Å². The number of carbonyl (C=O) groups is 1. The lowest BCUT2D eigenvalue weighted by Gasteiger charge is -2.51. The highest BCUT2D eigenvalue weighted by atomic mass is 32.1. The minimum absolute atomic E-state index is 0.00606. The lowest BCUT2D eigenvalue weighted by atomic mass is 9.87. The number of nitrogens with two attached hydrogens (primary N) is 1. The molecule has 0 saturated carbocycles. The van der Waals surface area contributed by atoms with Gasteiger partial charge in [-0.05, 0) is 25.0 Å². The number of piperazine rings is 1. The molecule has 3 atom stereocenters. The number of benzene rings is 1. The van der Waals surface area contributed by atoms with Crippen molar-refractivity contribution < 1.29 is 4.79 Å². The number of hydrogen-bond donors (Lipinski definition) is 3. The average molecular weight is 387 g/mol. The molecule has 1 aliphatic rings. The van der Waals surface area contributed by atoms with Gasteiger partial charge in [0.25, 0.3) is 5.91 Å². The number of fused-ring (bicyclic) bond motifs is 1. The highest BCUT2D eigenvalue weighted by Gasteiger charge is 2.46. The van der Waals surface area contributed by atoms with Crippen molar-refractivity contribution in [3.63, 3.8) is 0 Å². The van der Waals surface area contributed by atoms with Gasteiger partial charge in [0.05, 0.1) is 22.8 Å². The molecule has 27 heavy (non-hydrogen) atoms. The summed E-state index contributed by atoms with van der Waals surface area (Å²) in [6.45, 7) is 5.55. The second-order valence-corrected chi connectivity index (χ2v) is 8.03. The maximum absolute atomic E-state index is 13.6. The zero-order valence-electron chi connectivity index (χ0n) is 16.2. The quantitative estimate of drug-likeness (QED) is 0.667. The first-order valence-electron chi connectivity index (χ1n) is 9.88. The molecule has 3 N–H and O–H groups in total. The fraction of sp³-hybridized carbons (Fsp3) is 0.524. The first-order chi connectivity index (χ1) is 13.0. The maximum Gasteiger partial charge on any atom is 0.256 e. The molecule has 1 saturated heterocycles. The highest BCUT2D eigenvalue weighted by Crippen LogP contribution is 2.30. The van der Waals surface area contributed by atoms with Gasteiger partial charge in [0.15, 0.2) is 0 Å². The Morgan fingerprint density at radius 2 is 2.19 bits per heavy atom. The average Bonchev–Trinajstić information content (AvgIpc) is 2.70. The van der Waals surface area contributed by atoms with Crippen LogP contribution in [0.25, 0.3) is 10.9 Å². The number of nitrogens with zero attached hydrogens (tertiary/aromatic N) is 2. The van der Waals surface area contributed by atoms with Crippen LogP contribution in [0, 0.1) is 0 Å². The summed E-state index contributed by atoms with van der Waals surface area (Å²) in [6.07, 6.45) is 5.48. The number of thiol groups is 1. The Labute approximate surface area is 167 Å². The Kier molecular flexibility index (Phi) is 6.40. The summed E-state index contributed by atoms with van der Waals surface area (Å²) in [5.41, 5.74) is 7.57. The molecule has 3 unspecified atom stereocenters. The minimum Gasteiger partial charge on any atom is -0.330 e. The Bertz CT molecular complexity index is 793. The number of nitrogens with one attached hydrogen (secondary N) is 1. The van der Waals surface area contributed by atoms with Gasteiger partial charge < -0.3 is 10.6 Å². The maximum atomic E-state index is 13.6. The minimum atomic E-state index is -0.621. The normalized spacial score (nSPS) is 24.1. The van der Waals surface area contributed by atoms with Crippen LogP contribution in [-0.2, 0) is 0 Å². The summed E-state index contributed by atoms with van der Waals surface area (Å²) in [5, 5.41) is 4.46. The molecule has 146 valence electrons. The lowest BCUT2D eigenvalue weighted by Crippen LogP contribution is -2.74. The Morgan fingerprint density at radius 3 is 2.93 bits per heavy atom. The molecule has 2 heterocycles. The van der Waals surface area contributed by atoms with Crippen LogP contribution >= 0.6 is 12.6 Å². The summed E-state index contributed by atoms with van der Waals surface area (Å²) in [5.74, 6) is -0.00961. The molecule has 0 aliphatic carbocycles. The first kappa shape index (κ1) is 20.1. The smallest absolute Gasteiger partial charge is 0.256 e. The van der Waals surface area contributed by atoms with Gasteiger partial charge in [0.2, 0.25) is 0 Å². The second-order valence-electron chi connectivity index (χ2n) is 7.37. The van der Waals surface area contributed by atoms with Crippen molar-refractivity contribution in [1.29, 1.82) is 0 Å². The fourth-order valence-corrected chi connectivity index (χ4v) is 4.50. The molecule has 1 aromatic carbocycles. The van der Waals surface area contributed by atoms with Crippen LogP contribution in [0.5, 0.6) is 0 Å². The Hall–Kier alpha value is -1.63. The summed E-state index contributed by atoms with van der Waals surface area (Å²) in [7, 11) is 0. The van der Waals surface area contributed by atoms with Crippen LogP contribution < -0.4 is 11.1 Å². The van der Waals surface area contributed by atoms with E-state index in [0.717, 1.165) is 36.6 Å². The zero-order valence-corrected chi connectivity index (χ0v) is 17.1. The number of amides is 1. The van der Waals surface area contributed by atoms with E-state index in [2.05, 4.69) is 24.1 Å². The predicted molar refractivity (Wildman–Crippen MR) is 114 cm³/mol. The summed E-state index contributed by atoms with van der Waals surface area (Å²) >= 11 is 4.82. The van der Waals surface area contributed by atoms with Crippen LogP contribution in [-0.4, -0.2) is 45.8 Å². The van der Waals surface area contributed by atoms with Crippen molar-refractivity contribution in [2.24, 2.45) is 5.73 Å². The van der Waals surface area contributed by atoms with Gasteiger partial charge in [0, 0.05) is 29.9 Å². The van der Waals surface area contributed by atoms with Crippen LogP contribution in [0.1, 0.15) is 49.9 Å². The second kappa shape index (κ2) is 8.59. The van der Waals surface area contributed by atoms with E-state index in [1.807, 2.05) is 35.2 Å². The van der Waals surface area contributed by atoms with Crippen molar-refractivity contribution in [3.8, 4) is 0 Å². The number of carbonyl (C=O) groups excluding carboxylic acids is 1. The largest absolute Gasteiger partial charge is 0.330 e. The van der Waals surface area contributed by atoms with Crippen molar-refractivity contribution in [2.75, 3.05) is 13.1 Å². The number of unbranched alkanes of at least 4 members (excludes halogenated alkanes) is 1. The van der Waals surface area contributed by atoms with E-state index in [9.17, 15) is 4.79 Å². The van der Waals surface area contributed by atoms with Gasteiger partial charge in [-0.1, -0.05) is 44.9 Å². The van der Waals surface area contributed by atoms with Crippen molar-refractivity contribution in [2.45, 2.75) is 56.5 Å². The standard InChI is InChI=1S/C21H30N4OS/c1-3-5-11-21(22)19(17(27)4-2)25(14-13-24-21)20(26)16-10-6-8-15-9-7-12-23-18(15)16/h6-10,12,17,19,24,27H,3-5,11,13-14,22H2,1-2H3. The van der Waals surface area contributed by atoms with E-state index in [1.54, 1.807) is 6.20 Å². The van der Waals surface area contributed by atoms with E-state index in [1.165, 1.54) is 0 Å². The zero-order chi connectivity index (χ0) is 19.4. The molecular formula is C21H30N4OS.